The van der Waals surface area contributed by atoms with Crippen molar-refractivity contribution in [1.29, 1.82) is 0 Å². The van der Waals surface area contributed by atoms with E-state index in [1.54, 1.807) is 0 Å². The monoisotopic (exact) mass is 338 g/mol. The molecule has 0 spiro atoms. The van der Waals surface area contributed by atoms with E-state index in [0.717, 1.165) is 29.5 Å². The molecule has 2 atom stereocenters. The van der Waals surface area contributed by atoms with E-state index in [4.69, 9.17) is 4.52 Å². The number of imidazole rings is 1. The molecule has 0 amide bonds. The second-order valence-corrected chi connectivity index (χ2v) is 6.70. The van der Waals surface area contributed by atoms with Gasteiger partial charge >= 0.3 is 0 Å². The normalized spacial score (nSPS) is 13.8. The zero-order valence-electron chi connectivity index (χ0n) is 15.6. The molecule has 25 heavy (non-hydrogen) atoms. The van der Waals surface area contributed by atoms with Gasteiger partial charge in [-0.3, -0.25) is 0 Å². The molecular formula is C20H26N4O. The fourth-order valence-corrected chi connectivity index (χ4v) is 3.34. The third-order valence-electron chi connectivity index (χ3n) is 4.81. The standard InChI is InChI=1S/C20H26N4O/c1-13(20-15(3)23-25-16(20)4)12-22-14(2)18-6-8-19(9-7-18)24-11-10-21-17(24)5/h6-11,13-14,22H,12H2,1-5H3/t13-,14-/m1/s1. The van der Waals surface area contributed by atoms with E-state index < -0.39 is 0 Å². The van der Waals surface area contributed by atoms with Crippen LogP contribution in [0.15, 0.2) is 41.2 Å². The van der Waals surface area contributed by atoms with Crippen LogP contribution in [0.4, 0.5) is 0 Å². The summed E-state index contributed by atoms with van der Waals surface area (Å²) >= 11 is 0. The van der Waals surface area contributed by atoms with Crippen LogP contribution >= 0.6 is 0 Å². The minimum Gasteiger partial charge on any atom is -0.361 e. The van der Waals surface area contributed by atoms with Crippen LogP contribution in [-0.2, 0) is 0 Å². The summed E-state index contributed by atoms with van der Waals surface area (Å²) < 4.78 is 7.37. The highest BCUT2D eigenvalue weighted by molar-refractivity contribution is 5.36. The Balaban J connectivity index is 1.63. The Kier molecular flexibility index (Phi) is 5.04. The maximum atomic E-state index is 5.28. The zero-order chi connectivity index (χ0) is 18.0. The minimum absolute atomic E-state index is 0.279. The smallest absolute Gasteiger partial charge is 0.137 e. The molecule has 0 aliphatic carbocycles. The van der Waals surface area contributed by atoms with Crippen LogP contribution in [0.3, 0.4) is 0 Å². The fraction of sp³-hybridized carbons (Fsp3) is 0.400. The van der Waals surface area contributed by atoms with Gasteiger partial charge in [-0.25, -0.2) is 4.98 Å². The van der Waals surface area contributed by atoms with Crippen molar-refractivity contribution >= 4 is 0 Å². The van der Waals surface area contributed by atoms with E-state index in [2.05, 4.69) is 58.1 Å². The molecule has 0 aliphatic rings. The molecule has 5 nitrogen and oxygen atoms in total. The van der Waals surface area contributed by atoms with Crippen LogP contribution < -0.4 is 5.32 Å². The highest BCUT2D eigenvalue weighted by Crippen LogP contribution is 2.23. The van der Waals surface area contributed by atoms with Crippen LogP contribution in [0.5, 0.6) is 0 Å². The molecule has 0 aliphatic heterocycles. The molecule has 3 rings (SSSR count). The first kappa shape index (κ1) is 17.4. The van der Waals surface area contributed by atoms with Crippen molar-refractivity contribution in [2.75, 3.05) is 6.54 Å². The molecule has 1 N–H and O–H groups in total. The molecule has 0 radical (unpaired) electrons. The molecule has 132 valence electrons. The van der Waals surface area contributed by atoms with Crippen LogP contribution in [0.25, 0.3) is 5.69 Å². The number of hydrogen-bond donors (Lipinski definition) is 1. The van der Waals surface area contributed by atoms with Crippen molar-refractivity contribution in [2.45, 2.75) is 46.6 Å². The van der Waals surface area contributed by atoms with Gasteiger partial charge in [0, 0.05) is 36.2 Å². The topological polar surface area (TPSA) is 55.9 Å². The average molecular weight is 338 g/mol. The summed E-state index contributed by atoms with van der Waals surface area (Å²) in [5, 5.41) is 7.67. The summed E-state index contributed by atoms with van der Waals surface area (Å²) in [4.78, 5) is 4.28. The molecule has 5 heteroatoms. The lowest BCUT2D eigenvalue weighted by molar-refractivity contribution is 0.391. The Bertz CT molecular complexity index is 812. The van der Waals surface area contributed by atoms with Crippen molar-refractivity contribution in [3.8, 4) is 5.69 Å². The lowest BCUT2D eigenvalue weighted by Crippen LogP contribution is -2.24. The van der Waals surface area contributed by atoms with Gasteiger partial charge in [0.2, 0.25) is 0 Å². The van der Waals surface area contributed by atoms with Crippen LogP contribution in [0.1, 0.15) is 54.2 Å². The van der Waals surface area contributed by atoms with Gasteiger partial charge in [-0.1, -0.05) is 24.2 Å². The van der Waals surface area contributed by atoms with E-state index in [0.29, 0.717) is 5.92 Å². The van der Waals surface area contributed by atoms with E-state index in [9.17, 15) is 0 Å². The lowest BCUT2D eigenvalue weighted by atomic mass is 9.98. The number of benzene rings is 1. The maximum Gasteiger partial charge on any atom is 0.137 e. The van der Waals surface area contributed by atoms with Gasteiger partial charge < -0.3 is 14.4 Å². The number of aryl methyl sites for hydroxylation is 3. The third kappa shape index (κ3) is 3.66. The summed E-state index contributed by atoms with van der Waals surface area (Å²) in [6.07, 6.45) is 3.81. The van der Waals surface area contributed by atoms with Gasteiger partial charge in [-0.15, -0.1) is 0 Å². The number of rotatable bonds is 6. The Hall–Kier alpha value is -2.40. The van der Waals surface area contributed by atoms with Gasteiger partial charge in [0.15, 0.2) is 0 Å². The molecule has 0 saturated carbocycles. The molecule has 1 aromatic carbocycles. The molecule has 3 aromatic rings. The van der Waals surface area contributed by atoms with Gasteiger partial charge in [-0.2, -0.15) is 0 Å². The predicted octanol–water partition coefficient (Wildman–Crippen LogP) is 4.24. The van der Waals surface area contributed by atoms with Crippen molar-refractivity contribution < 1.29 is 4.52 Å². The Labute approximate surface area is 149 Å². The highest BCUT2D eigenvalue weighted by atomic mass is 16.5. The quantitative estimate of drug-likeness (QED) is 0.730. The van der Waals surface area contributed by atoms with E-state index in [1.165, 1.54) is 11.1 Å². The van der Waals surface area contributed by atoms with Crippen LogP contribution in [0.2, 0.25) is 0 Å². The molecular weight excluding hydrogens is 312 g/mol. The van der Waals surface area contributed by atoms with E-state index in [1.807, 2.05) is 33.2 Å². The Morgan fingerprint density at radius 1 is 1.12 bits per heavy atom. The molecule has 0 unspecified atom stereocenters. The van der Waals surface area contributed by atoms with Gasteiger partial charge in [-0.05, 0) is 51.3 Å². The average Bonchev–Trinajstić information content (AvgIpc) is 3.18. The number of aromatic nitrogens is 3. The Morgan fingerprint density at radius 3 is 2.40 bits per heavy atom. The van der Waals surface area contributed by atoms with Crippen molar-refractivity contribution in [3.05, 3.63) is 65.1 Å². The van der Waals surface area contributed by atoms with Gasteiger partial charge in [0.05, 0.1) is 5.69 Å². The lowest BCUT2D eigenvalue weighted by Gasteiger charge is -2.18. The summed E-state index contributed by atoms with van der Waals surface area (Å²) in [5.41, 5.74) is 4.60. The predicted molar refractivity (Wildman–Crippen MR) is 99.1 cm³/mol. The second kappa shape index (κ2) is 7.23. The second-order valence-electron chi connectivity index (χ2n) is 6.70. The van der Waals surface area contributed by atoms with Crippen LogP contribution in [0, 0.1) is 20.8 Å². The molecule has 0 bridgehead atoms. The van der Waals surface area contributed by atoms with E-state index in [-0.39, 0.29) is 6.04 Å². The van der Waals surface area contributed by atoms with Crippen molar-refractivity contribution in [1.82, 2.24) is 20.0 Å². The third-order valence-corrected chi connectivity index (χ3v) is 4.81. The molecule has 2 aromatic heterocycles. The maximum absolute atomic E-state index is 5.28. The van der Waals surface area contributed by atoms with Gasteiger partial charge in [0.25, 0.3) is 0 Å². The largest absolute Gasteiger partial charge is 0.361 e. The fourth-order valence-electron chi connectivity index (χ4n) is 3.34. The summed E-state index contributed by atoms with van der Waals surface area (Å²) in [7, 11) is 0. The molecule has 0 fully saturated rings. The molecule has 2 heterocycles. The number of nitrogens with one attached hydrogen (secondary N) is 1. The van der Waals surface area contributed by atoms with Gasteiger partial charge in [0.1, 0.15) is 11.6 Å². The number of nitrogens with zero attached hydrogens (tertiary/aromatic N) is 3. The summed E-state index contributed by atoms with van der Waals surface area (Å²) in [6, 6.07) is 8.90. The first-order valence-electron chi connectivity index (χ1n) is 8.73. The highest BCUT2D eigenvalue weighted by Gasteiger charge is 2.17. The summed E-state index contributed by atoms with van der Waals surface area (Å²) in [6.45, 7) is 11.3. The minimum atomic E-state index is 0.279. The first-order chi connectivity index (χ1) is 12.0. The Morgan fingerprint density at radius 2 is 1.84 bits per heavy atom. The molecule has 0 saturated heterocycles. The van der Waals surface area contributed by atoms with Crippen LogP contribution in [-0.4, -0.2) is 21.3 Å². The number of hydrogen-bond acceptors (Lipinski definition) is 4. The van der Waals surface area contributed by atoms with E-state index >= 15 is 0 Å². The first-order valence-corrected chi connectivity index (χ1v) is 8.73. The SMILES string of the molecule is Cc1noc(C)c1[C@H](C)CN[C@H](C)c1ccc(-n2ccnc2C)cc1. The van der Waals surface area contributed by atoms with Crippen molar-refractivity contribution in [2.24, 2.45) is 0 Å². The van der Waals surface area contributed by atoms with Crippen molar-refractivity contribution in [3.63, 3.8) is 0 Å². The summed E-state index contributed by atoms with van der Waals surface area (Å²) in [5.74, 6) is 2.27. The zero-order valence-corrected chi connectivity index (χ0v) is 15.6.